The van der Waals surface area contributed by atoms with Crippen LogP contribution < -0.4 is 4.74 Å². The molecule has 1 aliphatic heterocycles. The van der Waals surface area contributed by atoms with Gasteiger partial charge in [-0.25, -0.2) is 0 Å². The quantitative estimate of drug-likeness (QED) is 0.747. The van der Waals surface area contributed by atoms with E-state index in [1.807, 2.05) is 24.0 Å². The van der Waals surface area contributed by atoms with Crippen LogP contribution in [0.1, 0.15) is 38.2 Å². The Balaban J connectivity index is 1.69. The number of piperidine rings is 1. The molecule has 2 rings (SSSR count). The summed E-state index contributed by atoms with van der Waals surface area (Å²) in [7, 11) is 1.71. The fourth-order valence-corrected chi connectivity index (χ4v) is 3.11. The van der Waals surface area contributed by atoms with Crippen molar-refractivity contribution in [2.75, 3.05) is 20.2 Å². The molecule has 0 unspecified atom stereocenters. The number of ether oxygens (including phenoxy) is 1. The molecule has 3 heteroatoms. The predicted octanol–water partition coefficient (Wildman–Crippen LogP) is 3.83. The van der Waals surface area contributed by atoms with Crippen LogP contribution >= 0.6 is 0 Å². The van der Waals surface area contributed by atoms with Crippen molar-refractivity contribution < 1.29 is 9.53 Å². The van der Waals surface area contributed by atoms with Gasteiger partial charge in [-0.2, -0.15) is 0 Å². The molecule has 1 aromatic rings. The van der Waals surface area contributed by atoms with Gasteiger partial charge in [0.1, 0.15) is 5.75 Å². The summed E-state index contributed by atoms with van der Waals surface area (Å²) in [4.78, 5) is 13.8. The lowest BCUT2D eigenvalue weighted by molar-refractivity contribution is -0.127. The number of hydrogen-bond acceptors (Lipinski definition) is 2. The molecule has 3 nitrogen and oxygen atoms in total. The van der Waals surface area contributed by atoms with Crippen molar-refractivity contribution in [3.8, 4) is 5.75 Å². The summed E-state index contributed by atoms with van der Waals surface area (Å²) in [6, 6.07) is 8.33. The third kappa shape index (κ3) is 4.90. The maximum atomic E-state index is 11.8. The fraction of sp³-hybridized carbons (Fsp3) is 0.526. The summed E-state index contributed by atoms with van der Waals surface area (Å²) in [5.74, 6) is 1.87. The van der Waals surface area contributed by atoms with Crippen molar-refractivity contribution in [1.82, 2.24) is 4.90 Å². The number of likely N-dealkylation sites (tertiary alicyclic amines) is 1. The molecule has 1 saturated heterocycles. The third-order valence-corrected chi connectivity index (χ3v) is 4.45. The normalized spacial score (nSPS) is 16.2. The minimum Gasteiger partial charge on any atom is -0.497 e. The van der Waals surface area contributed by atoms with Crippen LogP contribution in [0.15, 0.2) is 36.4 Å². The van der Waals surface area contributed by atoms with Gasteiger partial charge >= 0.3 is 0 Å². The van der Waals surface area contributed by atoms with Gasteiger partial charge in [0.05, 0.1) is 7.11 Å². The number of methoxy groups -OCH3 is 1. The second-order valence-electron chi connectivity index (χ2n) is 6.01. The third-order valence-electron chi connectivity index (χ3n) is 4.45. The van der Waals surface area contributed by atoms with Crippen molar-refractivity contribution in [1.29, 1.82) is 0 Å². The molecule has 1 aromatic carbocycles. The van der Waals surface area contributed by atoms with Crippen molar-refractivity contribution >= 4 is 5.91 Å². The van der Waals surface area contributed by atoms with Crippen LogP contribution in [0.5, 0.6) is 5.75 Å². The smallest absolute Gasteiger partial charge is 0.246 e. The zero-order valence-electron chi connectivity index (χ0n) is 13.8. The molecule has 0 spiro atoms. The molecule has 0 aliphatic carbocycles. The Hall–Kier alpha value is -1.77. The number of allylic oxidation sites excluding steroid dienone is 1. The first-order valence-electron chi connectivity index (χ1n) is 8.27. The number of benzene rings is 1. The van der Waals surface area contributed by atoms with E-state index in [1.54, 1.807) is 13.2 Å². The van der Waals surface area contributed by atoms with Crippen LogP contribution in [0.3, 0.4) is 0 Å². The van der Waals surface area contributed by atoms with Crippen LogP contribution in [-0.4, -0.2) is 31.0 Å². The summed E-state index contributed by atoms with van der Waals surface area (Å²) < 4.78 is 5.26. The zero-order valence-corrected chi connectivity index (χ0v) is 13.8. The summed E-state index contributed by atoms with van der Waals surface area (Å²) >= 11 is 0. The van der Waals surface area contributed by atoms with Crippen LogP contribution in [-0.2, 0) is 11.2 Å². The van der Waals surface area contributed by atoms with E-state index in [4.69, 9.17) is 4.74 Å². The number of amides is 1. The topological polar surface area (TPSA) is 29.5 Å². The van der Waals surface area contributed by atoms with E-state index in [1.165, 1.54) is 18.4 Å². The van der Waals surface area contributed by atoms with Gasteiger partial charge in [-0.15, -0.1) is 0 Å². The zero-order chi connectivity index (χ0) is 15.8. The molecule has 0 aromatic heterocycles. The average molecular weight is 301 g/mol. The number of rotatable bonds is 6. The van der Waals surface area contributed by atoms with Gasteiger partial charge in [-0.05, 0) is 68.7 Å². The number of hydrogen-bond donors (Lipinski definition) is 0. The lowest BCUT2D eigenvalue weighted by Crippen LogP contribution is -2.37. The molecule has 1 fully saturated rings. The molecule has 0 N–H and O–H groups in total. The van der Waals surface area contributed by atoms with Gasteiger partial charge < -0.3 is 9.64 Å². The molecule has 120 valence electrons. The Morgan fingerprint density at radius 3 is 2.82 bits per heavy atom. The summed E-state index contributed by atoms with van der Waals surface area (Å²) in [6.45, 7) is 3.71. The van der Waals surface area contributed by atoms with Crippen molar-refractivity contribution in [2.24, 2.45) is 5.92 Å². The second kappa shape index (κ2) is 8.62. The molecule has 0 radical (unpaired) electrons. The first kappa shape index (κ1) is 16.6. The predicted molar refractivity (Wildman–Crippen MR) is 90.1 cm³/mol. The van der Waals surface area contributed by atoms with Gasteiger partial charge in [0.2, 0.25) is 5.91 Å². The fourth-order valence-electron chi connectivity index (χ4n) is 3.11. The highest BCUT2D eigenvalue weighted by Gasteiger charge is 2.20. The number of carbonyl (C=O) groups excluding carboxylic acids is 1. The lowest BCUT2D eigenvalue weighted by Gasteiger charge is -2.31. The Kier molecular flexibility index (Phi) is 6.50. The average Bonchev–Trinajstić information content (AvgIpc) is 2.56. The van der Waals surface area contributed by atoms with Gasteiger partial charge in [0.15, 0.2) is 0 Å². The number of aryl methyl sites for hydroxylation is 1. The standard InChI is InChI=1S/C19H27NO2/c1-3-6-19(21)20-13-11-16(12-14-20)7-4-8-17-9-5-10-18(15-17)22-2/h3,5-6,9-10,15-16H,4,7-8,11-14H2,1-2H3/b6-3+. The summed E-state index contributed by atoms with van der Waals surface area (Å²) in [6.07, 6.45) is 9.34. The van der Waals surface area contributed by atoms with E-state index in [2.05, 4.69) is 18.2 Å². The monoisotopic (exact) mass is 301 g/mol. The highest BCUT2D eigenvalue weighted by atomic mass is 16.5. The van der Waals surface area contributed by atoms with E-state index >= 15 is 0 Å². The molecule has 22 heavy (non-hydrogen) atoms. The molecule has 1 amide bonds. The van der Waals surface area contributed by atoms with E-state index in [0.29, 0.717) is 0 Å². The second-order valence-corrected chi connectivity index (χ2v) is 6.01. The van der Waals surface area contributed by atoms with Crippen LogP contribution in [0.2, 0.25) is 0 Å². The molecule has 0 atom stereocenters. The SMILES string of the molecule is C/C=C/C(=O)N1CCC(CCCc2cccc(OC)c2)CC1. The van der Waals surface area contributed by atoms with E-state index in [-0.39, 0.29) is 5.91 Å². The molecular formula is C19H27NO2. The van der Waals surface area contributed by atoms with Gasteiger partial charge in [0, 0.05) is 13.1 Å². The summed E-state index contributed by atoms with van der Waals surface area (Å²) in [5.41, 5.74) is 1.35. The maximum absolute atomic E-state index is 11.8. The minimum atomic E-state index is 0.164. The van der Waals surface area contributed by atoms with Crippen LogP contribution in [0, 0.1) is 5.92 Å². The Morgan fingerprint density at radius 1 is 1.36 bits per heavy atom. The highest BCUT2D eigenvalue weighted by Crippen LogP contribution is 2.23. The summed E-state index contributed by atoms with van der Waals surface area (Å²) in [5, 5.41) is 0. The van der Waals surface area contributed by atoms with Crippen molar-refractivity contribution in [2.45, 2.75) is 39.0 Å². The Labute approximate surface area is 134 Å². The Morgan fingerprint density at radius 2 is 2.14 bits per heavy atom. The van der Waals surface area contributed by atoms with Gasteiger partial charge in [0.25, 0.3) is 0 Å². The maximum Gasteiger partial charge on any atom is 0.246 e. The van der Waals surface area contributed by atoms with E-state index < -0.39 is 0 Å². The lowest BCUT2D eigenvalue weighted by atomic mass is 9.90. The van der Waals surface area contributed by atoms with Crippen LogP contribution in [0.4, 0.5) is 0 Å². The van der Waals surface area contributed by atoms with Crippen molar-refractivity contribution in [3.63, 3.8) is 0 Å². The molecule has 0 saturated carbocycles. The van der Waals surface area contributed by atoms with E-state index in [0.717, 1.165) is 44.0 Å². The molecule has 1 aliphatic rings. The van der Waals surface area contributed by atoms with Gasteiger partial charge in [-0.1, -0.05) is 18.2 Å². The first-order valence-corrected chi connectivity index (χ1v) is 8.27. The number of nitrogens with zero attached hydrogens (tertiary/aromatic N) is 1. The molecule has 1 heterocycles. The number of carbonyl (C=O) groups is 1. The Bertz CT molecular complexity index is 502. The van der Waals surface area contributed by atoms with Crippen LogP contribution in [0.25, 0.3) is 0 Å². The molecular weight excluding hydrogens is 274 g/mol. The van der Waals surface area contributed by atoms with Gasteiger partial charge in [-0.3, -0.25) is 4.79 Å². The minimum absolute atomic E-state index is 0.164. The first-order chi connectivity index (χ1) is 10.7. The highest BCUT2D eigenvalue weighted by molar-refractivity contribution is 5.87. The molecule has 0 bridgehead atoms. The largest absolute Gasteiger partial charge is 0.497 e. The van der Waals surface area contributed by atoms with E-state index in [9.17, 15) is 4.79 Å². The van der Waals surface area contributed by atoms with Crippen molar-refractivity contribution in [3.05, 3.63) is 42.0 Å².